The number of carboxylic acids is 2. The number of aryl methyl sites for hydroxylation is 1. The van der Waals surface area contributed by atoms with E-state index in [9.17, 15) is 24.6 Å². The minimum absolute atomic E-state index is 0.0261. The summed E-state index contributed by atoms with van der Waals surface area (Å²) < 4.78 is 10.8. The highest BCUT2D eigenvalue weighted by Crippen LogP contribution is 2.57. The molecule has 0 aromatic heterocycles. The van der Waals surface area contributed by atoms with Crippen LogP contribution in [0.4, 0.5) is 0 Å². The van der Waals surface area contributed by atoms with Crippen LogP contribution in [-0.2, 0) is 21.4 Å². The Bertz CT molecular complexity index is 1110. The monoisotopic (exact) mass is 452 g/mol. The van der Waals surface area contributed by atoms with Crippen LogP contribution in [0.2, 0.25) is 0 Å². The van der Waals surface area contributed by atoms with Gasteiger partial charge in [-0.2, -0.15) is 0 Å². The summed E-state index contributed by atoms with van der Waals surface area (Å²) in [4.78, 5) is 35.6. The fourth-order valence-electron chi connectivity index (χ4n) is 5.84. The maximum atomic E-state index is 12.2. The van der Waals surface area contributed by atoms with Crippen LogP contribution in [0.5, 0.6) is 11.5 Å². The van der Waals surface area contributed by atoms with Crippen LogP contribution in [0, 0.1) is 11.3 Å². The van der Waals surface area contributed by atoms with Gasteiger partial charge < -0.3 is 19.7 Å². The minimum Gasteiger partial charge on any atom is -0.482 e. The Labute approximate surface area is 192 Å². The number of carboxylic acid groups (broad SMARTS) is 2. The van der Waals surface area contributed by atoms with E-state index < -0.39 is 23.3 Å². The number of fused-ring (bicyclic) bond motifs is 3. The lowest BCUT2D eigenvalue weighted by Gasteiger charge is -2.53. The largest absolute Gasteiger partial charge is 0.482 e. The average Bonchev–Trinajstić information content (AvgIpc) is 2.77. The molecule has 33 heavy (non-hydrogen) atoms. The van der Waals surface area contributed by atoms with E-state index in [1.54, 1.807) is 18.2 Å². The van der Waals surface area contributed by atoms with Crippen LogP contribution in [0.15, 0.2) is 42.5 Å². The Hall–Kier alpha value is -3.35. The molecule has 2 aliphatic carbocycles. The summed E-state index contributed by atoms with van der Waals surface area (Å²) in [5, 5.41) is 19.1. The van der Waals surface area contributed by atoms with Gasteiger partial charge >= 0.3 is 17.9 Å². The lowest BCUT2D eigenvalue weighted by atomic mass is 9.50. The molecule has 2 aromatic carbocycles. The van der Waals surface area contributed by atoms with E-state index in [1.807, 2.05) is 19.1 Å². The predicted octanol–water partition coefficient (Wildman–Crippen LogP) is 4.46. The molecule has 2 aromatic rings. The first-order valence-electron chi connectivity index (χ1n) is 11.2. The molecular weight excluding hydrogens is 424 g/mol. The number of rotatable bonds is 6. The first-order chi connectivity index (χ1) is 15.6. The van der Waals surface area contributed by atoms with Crippen molar-refractivity contribution in [3.63, 3.8) is 0 Å². The highest BCUT2D eigenvalue weighted by molar-refractivity contribution is 5.92. The van der Waals surface area contributed by atoms with Crippen molar-refractivity contribution >= 4 is 17.9 Å². The van der Waals surface area contributed by atoms with Gasteiger partial charge in [-0.05, 0) is 79.3 Å². The Balaban J connectivity index is 1.47. The number of hydrogen-bond acceptors (Lipinski definition) is 5. The third kappa shape index (κ3) is 4.08. The SMILES string of the molecule is C[C@@]12CCC[C@](C)(C(=O)O)[C@H]1CCc1cc(OCC(=O)Oc3ccccc3C(=O)O)ccc12. The van der Waals surface area contributed by atoms with Gasteiger partial charge in [0.1, 0.15) is 17.1 Å². The Morgan fingerprint density at radius 3 is 2.55 bits per heavy atom. The highest BCUT2D eigenvalue weighted by Gasteiger charge is 2.55. The molecule has 0 amide bonds. The Morgan fingerprint density at radius 2 is 1.82 bits per heavy atom. The number of carbonyl (C=O) groups excluding carboxylic acids is 1. The second-order valence-electron chi connectivity index (χ2n) is 9.47. The lowest BCUT2D eigenvalue weighted by molar-refractivity contribution is -0.157. The van der Waals surface area contributed by atoms with Crippen molar-refractivity contribution in [2.75, 3.05) is 6.61 Å². The standard InChI is InChI=1S/C26H28O7/c1-25-12-5-13-26(2,24(30)31)21(25)11-8-16-14-17(9-10-19(16)25)32-15-22(27)33-20-7-4-3-6-18(20)23(28)29/h3-4,6-7,9-10,14,21H,5,8,11-13,15H2,1-2H3,(H,28,29)(H,30,31)/t21-,25-,26-/m0/s1. The van der Waals surface area contributed by atoms with Crippen LogP contribution < -0.4 is 9.47 Å². The summed E-state index contributed by atoms with van der Waals surface area (Å²) in [7, 11) is 0. The van der Waals surface area contributed by atoms with Gasteiger partial charge in [0.2, 0.25) is 0 Å². The molecule has 0 radical (unpaired) electrons. The summed E-state index contributed by atoms with van der Waals surface area (Å²) in [5.74, 6) is -2.03. The van der Waals surface area contributed by atoms with Gasteiger partial charge in [-0.1, -0.05) is 31.5 Å². The van der Waals surface area contributed by atoms with E-state index in [0.717, 1.165) is 36.8 Å². The van der Waals surface area contributed by atoms with Crippen molar-refractivity contribution in [1.29, 1.82) is 0 Å². The molecule has 0 aliphatic heterocycles. The third-order valence-corrected chi connectivity index (χ3v) is 7.51. The third-order valence-electron chi connectivity index (χ3n) is 7.51. The molecule has 0 spiro atoms. The van der Waals surface area contributed by atoms with Gasteiger partial charge in [0.05, 0.1) is 5.41 Å². The van der Waals surface area contributed by atoms with Crippen LogP contribution in [0.3, 0.4) is 0 Å². The first kappa shape index (κ1) is 22.8. The normalized spacial score (nSPS) is 25.9. The van der Waals surface area contributed by atoms with Crippen LogP contribution in [-0.4, -0.2) is 34.7 Å². The summed E-state index contributed by atoms with van der Waals surface area (Å²) in [6, 6.07) is 11.7. The van der Waals surface area contributed by atoms with E-state index in [1.165, 1.54) is 12.1 Å². The van der Waals surface area contributed by atoms with Crippen molar-refractivity contribution in [2.24, 2.45) is 11.3 Å². The zero-order valence-corrected chi connectivity index (χ0v) is 18.8. The zero-order chi connectivity index (χ0) is 23.8. The van der Waals surface area contributed by atoms with Gasteiger partial charge in [-0.15, -0.1) is 0 Å². The topological polar surface area (TPSA) is 110 Å². The van der Waals surface area contributed by atoms with Gasteiger partial charge in [-0.25, -0.2) is 9.59 Å². The second-order valence-corrected chi connectivity index (χ2v) is 9.47. The summed E-state index contributed by atoms with van der Waals surface area (Å²) in [6.07, 6.45) is 4.07. The molecule has 0 saturated heterocycles. The van der Waals surface area contributed by atoms with Gasteiger partial charge in [0, 0.05) is 0 Å². The fourth-order valence-corrected chi connectivity index (χ4v) is 5.84. The van der Waals surface area contributed by atoms with Crippen molar-refractivity contribution in [3.8, 4) is 11.5 Å². The first-order valence-corrected chi connectivity index (χ1v) is 11.2. The average molecular weight is 453 g/mol. The maximum absolute atomic E-state index is 12.2. The molecule has 0 unspecified atom stereocenters. The van der Waals surface area contributed by atoms with E-state index in [2.05, 4.69) is 6.92 Å². The zero-order valence-electron chi connectivity index (χ0n) is 18.8. The smallest absolute Gasteiger partial charge is 0.349 e. The van der Waals surface area contributed by atoms with Crippen molar-refractivity contribution in [1.82, 2.24) is 0 Å². The number of esters is 1. The Morgan fingerprint density at radius 1 is 1.06 bits per heavy atom. The molecule has 3 atom stereocenters. The highest BCUT2D eigenvalue weighted by atomic mass is 16.6. The van der Waals surface area contributed by atoms with Crippen molar-refractivity contribution in [2.45, 2.75) is 51.4 Å². The number of para-hydroxylation sites is 1. The van der Waals surface area contributed by atoms with E-state index >= 15 is 0 Å². The maximum Gasteiger partial charge on any atom is 0.349 e. The molecule has 4 rings (SSSR count). The van der Waals surface area contributed by atoms with E-state index in [-0.39, 0.29) is 29.3 Å². The molecule has 7 nitrogen and oxygen atoms in total. The number of benzene rings is 2. The number of carbonyl (C=O) groups is 3. The number of ether oxygens (including phenoxy) is 2. The lowest BCUT2D eigenvalue weighted by Crippen LogP contribution is -2.52. The fraction of sp³-hybridized carbons (Fsp3) is 0.423. The van der Waals surface area contributed by atoms with Crippen LogP contribution in [0.1, 0.15) is 61.0 Å². The van der Waals surface area contributed by atoms with E-state index in [4.69, 9.17) is 9.47 Å². The quantitative estimate of drug-likeness (QED) is 0.492. The summed E-state index contributed by atoms with van der Waals surface area (Å²) in [5.41, 5.74) is 1.25. The summed E-state index contributed by atoms with van der Waals surface area (Å²) in [6.45, 7) is 3.70. The molecule has 1 saturated carbocycles. The number of aliphatic carboxylic acids is 1. The molecule has 2 aliphatic rings. The molecule has 174 valence electrons. The van der Waals surface area contributed by atoms with Crippen molar-refractivity contribution in [3.05, 3.63) is 59.2 Å². The molecule has 2 N–H and O–H groups in total. The van der Waals surface area contributed by atoms with Crippen molar-refractivity contribution < 1.29 is 34.1 Å². The summed E-state index contributed by atoms with van der Waals surface area (Å²) >= 11 is 0. The number of hydrogen-bond donors (Lipinski definition) is 2. The van der Waals surface area contributed by atoms with Gasteiger partial charge in [0.25, 0.3) is 0 Å². The van der Waals surface area contributed by atoms with Gasteiger partial charge in [0.15, 0.2) is 6.61 Å². The molecule has 1 fully saturated rings. The van der Waals surface area contributed by atoms with Gasteiger partial charge in [-0.3, -0.25) is 4.79 Å². The second kappa shape index (κ2) is 8.54. The van der Waals surface area contributed by atoms with E-state index in [0.29, 0.717) is 12.2 Å². The Kier molecular flexibility index (Phi) is 5.91. The minimum atomic E-state index is -1.18. The molecule has 0 bridgehead atoms. The van der Waals surface area contributed by atoms with Crippen LogP contribution >= 0.6 is 0 Å². The predicted molar refractivity (Wildman–Crippen MR) is 120 cm³/mol. The molecule has 7 heteroatoms. The molecular formula is C26H28O7. The molecule has 0 heterocycles. The van der Waals surface area contributed by atoms with Crippen LogP contribution in [0.25, 0.3) is 0 Å². The number of aromatic carboxylic acids is 1.